The van der Waals surface area contributed by atoms with Crippen molar-refractivity contribution in [2.45, 2.75) is 38.6 Å². The van der Waals surface area contributed by atoms with Gasteiger partial charge < -0.3 is 24.8 Å². The molecule has 7 nitrogen and oxygen atoms in total. The number of hydrogen-bond acceptors (Lipinski definition) is 5. The van der Waals surface area contributed by atoms with Gasteiger partial charge in [-0.2, -0.15) is 0 Å². The second-order valence-electron chi connectivity index (χ2n) is 8.01. The molecule has 1 atom stereocenters. The lowest BCUT2D eigenvalue weighted by Crippen LogP contribution is -2.42. The summed E-state index contributed by atoms with van der Waals surface area (Å²) in [5.74, 6) is 3.37. The lowest BCUT2D eigenvalue weighted by Gasteiger charge is -2.34. The van der Waals surface area contributed by atoms with Crippen molar-refractivity contribution in [1.29, 1.82) is 0 Å². The normalized spacial score (nSPS) is 18.1. The number of ether oxygens (including phenoxy) is 3. The van der Waals surface area contributed by atoms with E-state index < -0.39 is 0 Å². The minimum atomic E-state index is 0. The third-order valence-electron chi connectivity index (χ3n) is 5.82. The van der Waals surface area contributed by atoms with Crippen LogP contribution in [0.1, 0.15) is 44.2 Å². The Balaban J connectivity index is 0.00000341. The average Bonchev–Trinajstić information content (AvgIpc) is 3.61. The molecule has 0 radical (unpaired) electrons. The highest BCUT2D eigenvalue weighted by molar-refractivity contribution is 14.0. The largest absolute Gasteiger partial charge is 0.493 e. The summed E-state index contributed by atoms with van der Waals surface area (Å²) < 4.78 is 16.5. The second-order valence-corrected chi connectivity index (χ2v) is 8.01. The Bertz CT molecular complexity index is 679. The van der Waals surface area contributed by atoms with Gasteiger partial charge in [0, 0.05) is 26.2 Å². The molecule has 31 heavy (non-hydrogen) atoms. The monoisotopic (exact) mass is 546 g/mol. The number of hydrogen-bond donors (Lipinski definition) is 2. The predicted molar refractivity (Wildman–Crippen MR) is 136 cm³/mol. The van der Waals surface area contributed by atoms with Gasteiger partial charge in [0.2, 0.25) is 0 Å². The van der Waals surface area contributed by atoms with Crippen molar-refractivity contribution in [1.82, 2.24) is 15.5 Å². The molecule has 3 rings (SSSR count). The quantitative estimate of drug-likeness (QED) is 0.192. The number of benzene rings is 1. The number of guanidine groups is 1. The fourth-order valence-electron chi connectivity index (χ4n) is 3.90. The van der Waals surface area contributed by atoms with Gasteiger partial charge in [-0.25, -0.2) is 0 Å². The van der Waals surface area contributed by atoms with Gasteiger partial charge in [0.25, 0.3) is 0 Å². The third kappa shape index (κ3) is 8.31. The van der Waals surface area contributed by atoms with Crippen molar-refractivity contribution in [3.05, 3.63) is 23.8 Å². The Morgan fingerprint density at radius 2 is 1.90 bits per heavy atom. The first-order chi connectivity index (χ1) is 14.7. The van der Waals surface area contributed by atoms with E-state index in [4.69, 9.17) is 19.2 Å². The standard InChI is InChI=1S/C23H38N4O3.HI/c1-4-24-23(25-11-5-6-18-7-8-18)26-17-20(27-12-14-30-15-13-27)19-9-10-21(28-2)22(16-19)29-3;/h9-10,16,18,20H,4-8,11-15,17H2,1-3H3,(H2,24,25,26);1H. The first-order valence-corrected chi connectivity index (χ1v) is 11.3. The Labute approximate surface area is 204 Å². The first kappa shape index (κ1) is 26.0. The smallest absolute Gasteiger partial charge is 0.191 e. The molecule has 1 aromatic carbocycles. The second kappa shape index (κ2) is 14.0. The van der Waals surface area contributed by atoms with Gasteiger partial charge in [-0.05, 0) is 43.4 Å². The van der Waals surface area contributed by atoms with E-state index >= 15 is 0 Å². The van der Waals surface area contributed by atoms with E-state index in [1.54, 1.807) is 14.2 Å². The molecule has 1 aliphatic carbocycles. The van der Waals surface area contributed by atoms with Crippen LogP contribution in [0.15, 0.2) is 23.2 Å². The number of morpholine rings is 1. The van der Waals surface area contributed by atoms with Gasteiger partial charge in [0.05, 0.1) is 40.0 Å². The van der Waals surface area contributed by atoms with Crippen LogP contribution in [0, 0.1) is 5.92 Å². The van der Waals surface area contributed by atoms with E-state index in [0.717, 1.165) is 62.8 Å². The summed E-state index contributed by atoms with van der Waals surface area (Å²) in [6, 6.07) is 6.33. The third-order valence-corrected chi connectivity index (χ3v) is 5.82. The molecule has 0 aromatic heterocycles. The van der Waals surface area contributed by atoms with E-state index in [-0.39, 0.29) is 30.0 Å². The predicted octanol–water partition coefficient (Wildman–Crippen LogP) is 3.44. The molecule has 0 bridgehead atoms. The van der Waals surface area contributed by atoms with Crippen LogP contribution in [0.3, 0.4) is 0 Å². The molecule has 1 saturated heterocycles. The molecule has 176 valence electrons. The van der Waals surface area contributed by atoms with Crippen molar-refractivity contribution in [3.8, 4) is 11.5 Å². The van der Waals surface area contributed by atoms with Crippen LogP contribution in [0.25, 0.3) is 0 Å². The van der Waals surface area contributed by atoms with Crippen molar-refractivity contribution in [2.24, 2.45) is 10.9 Å². The average molecular weight is 546 g/mol. The highest BCUT2D eigenvalue weighted by atomic mass is 127. The number of halogens is 1. The van der Waals surface area contributed by atoms with Crippen LogP contribution >= 0.6 is 24.0 Å². The van der Waals surface area contributed by atoms with Gasteiger partial charge in [0.1, 0.15) is 0 Å². The Hall–Kier alpha value is -1.26. The molecule has 0 amide bonds. The maximum absolute atomic E-state index is 5.57. The summed E-state index contributed by atoms with van der Waals surface area (Å²) in [5.41, 5.74) is 1.18. The minimum Gasteiger partial charge on any atom is -0.493 e. The number of nitrogens with zero attached hydrogens (tertiary/aromatic N) is 2. The molecule has 2 aliphatic rings. The van der Waals surface area contributed by atoms with E-state index in [9.17, 15) is 0 Å². The molecule has 0 spiro atoms. The SMILES string of the molecule is CCNC(=NCC(c1ccc(OC)c(OC)c1)N1CCOCC1)NCCCC1CC1.I. The summed E-state index contributed by atoms with van der Waals surface area (Å²) in [5, 5.41) is 6.89. The minimum absolute atomic E-state index is 0. The van der Waals surface area contributed by atoms with Gasteiger partial charge in [0.15, 0.2) is 17.5 Å². The Morgan fingerprint density at radius 3 is 2.55 bits per heavy atom. The van der Waals surface area contributed by atoms with Crippen LogP contribution in [0.5, 0.6) is 11.5 Å². The maximum Gasteiger partial charge on any atom is 0.191 e. The molecule has 1 heterocycles. The molecule has 2 fully saturated rings. The lowest BCUT2D eigenvalue weighted by atomic mass is 10.0. The van der Waals surface area contributed by atoms with E-state index in [0.29, 0.717) is 6.54 Å². The van der Waals surface area contributed by atoms with Crippen molar-refractivity contribution < 1.29 is 14.2 Å². The molecule has 1 saturated carbocycles. The number of rotatable bonds is 11. The molecule has 1 aliphatic heterocycles. The molecule has 8 heteroatoms. The van der Waals surface area contributed by atoms with Crippen LogP contribution in [0.4, 0.5) is 0 Å². The van der Waals surface area contributed by atoms with Gasteiger partial charge >= 0.3 is 0 Å². The van der Waals surface area contributed by atoms with Gasteiger partial charge in [-0.15, -0.1) is 24.0 Å². The highest BCUT2D eigenvalue weighted by Crippen LogP contribution is 2.33. The fourth-order valence-corrected chi connectivity index (χ4v) is 3.90. The van der Waals surface area contributed by atoms with Crippen molar-refractivity contribution >= 4 is 29.9 Å². The summed E-state index contributed by atoms with van der Waals surface area (Å²) in [4.78, 5) is 7.38. The number of nitrogens with one attached hydrogen (secondary N) is 2. The zero-order chi connectivity index (χ0) is 21.2. The van der Waals surface area contributed by atoms with Gasteiger partial charge in [-0.3, -0.25) is 9.89 Å². The van der Waals surface area contributed by atoms with Crippen LogP contribution in [-0.4, -0.2) is 71.0 Å². The van der Waals surface area contributed by atoms with Crippen LogP contribution < -0.4 is 20.1 Å². The molecule has 2 N–H and O–H groups in total. The van der Waals surface area contributed by atoms with Gasteiger partial charge in [-0.1, -0.05) is 18.9 Å². The maximum atomic E-state index is 5.57. The number of aliphatic imine (C=N–C) groups is 1. The van der Waals surface area contributed by atoms with E-state index in [1.165, 1.54) is 31.2 Å². The van der Waals surface area contributed by atoms with Crippen molar-refractivity contribution in [2.75, 3.05) is 60.2 Å². The number of methoxy groups -OCH3 is 2. The van der Waals surface area contributed by atoms with Crippen LogP contribution in [0.2, 0.25) is 0 Å². The summed E-state index contributed by atoms with van der Waals surface area (Å²) in [7, 11) is 3.34. The van der Waals surface area contributed by atoms with E-state index in [1.807, 2.05) is 6.07 Å². The Kier molecular flexibility index (Phi) is 11.7. The zero-order valence-electron chi connectivity index (χ0n) is 19.2. The highest BCUT2D eigenvalue weighted by Gasteiger charge is 2.24. The fraction of sp³-hybridized carbons (Fsp3) is 0.696. The molecular formula is C23H39IN4O3. The topological polar surface area (TPSA) is 67.4 Å². The summed E-state index contributed by atoms with van der Waals surface area (Å²) >= 11 is 0. The lowest BCUT2D eigenvalue weighted by molar-refractivity contribution is 0.0179. The molecular weight excluding hydrogens is 507 g/mol. The summed E-state index contributed by atoms with van der Waals surface area (Å²) in [6.07, 6.45) is 5.37. The zero-order valence-corrected chi connectivity index (χ0v) is 21.5. The van der Waals surface area contributed by atoms with Crippen LogP contribution in [-0.2, 0) is 4.74 Å². The molecule has 1 aromatic rings. The van der Waals surface area contributed by atoms with E-state index in [2.05, 4.69) is 34.6 Å². The summed E-state index contributed by atoms with van der Waals surface area (Å²) in [6.45, 7) is 7.93. The van der Waals surface area contributed by atoms with Crippen molar-refractivity contribution in [3.63, 3.8) is 0 Å². The molecule has 1 unspecified atom stereocenters. The first-order valence-electron chi connectivity index (χ1n) is 11.3. The Morgan fingerprint density at radius 1 is 1.16 bits per heavy atom.